The van der Waals surface area contributed by atoms with E-state index in [1.54, 1.807) is 25.7 Å². The molecule has 0 radical (unpaired) electrons. The first-order valence-electron chi connectivity index (χ1n) is 13.2. The topological polar surface area (TPSA) is 101 Å². The van der Waals surface area contributed by atoms with Crippen LogP contribution in [0.15, 0.2) is 47.5 Å². The van der Waals surface area contributed by atoms with E-state index < -0.39 is 33.5 Å². The van der Waals surface area contributed by atoms with Crippen molar-refractivity contribution in [1.29, 1.82) is 0 Å². The molecular weight excluding hydrogens is 549 g/mol. The number of halogens is 3. The SMILES string of the molecule is CC(C)(C)OC(=O)N1CCC(NS(=O)(=O)c2ccc(OC3CCN(c4ccc(C(F)(F)F)cc4)CC3)nc2)CC1. The molecule has 220 valence electrons. The average molecular weight is 585 g/mol. The van der Waals surface area contributed by atoms with Crippen molar-refractivity contribution in [2.75, 3.05) is 31.1 Å². The van der Waals surface area contributed by atoms with Gasteiger partial charge in [0.2, 0.25) is 15.9 Å². The highest BCUT2D eigenvalue weighted by molar-refractivity contribution is 7.89. The van der Waals surface area contributed by atoms with E-state index in [0.29, 0.717) is 57.7 Å². The first-order chi connectivity index (χ1) is 18.7. The van der Waals surface area contributed by atoms with Crippen LogP contribution in [0.5, 0.6) is 5.88 Å². The number of ether oxygens (including phenoxy) is 2. The van der Waals surface area contributed by atoms with Crippen LogP contribution >= 0.6 is 0 Å². The molecule has 1 aromatic heterocycles. The summed E-state index contributed by atoms with van der Waals surface area (Å²) < 4.78 is 78.2. The molecule has 2 fully saturated rings. The van der Waals surface area contributed by atoms with Crippen molar-refractivity contribution < 1.29 is 35.9 Å². The van der Waals surface area contributed by atoms with Gasteiger partial charge in [0, 0.05) is 56.8 Å². The van der Waals surface area contributed by atoms with Gasteiger partial charge in [0.1, 0.15) is 16.6 Å². The van der Waals surface area contributed by atoms with Gasteiger partial charge in [-0.1, -0.05) is 0 Å². The lowest BCUT2D eigenvalue weighted by atomic mass is 10.1. The Balaban J connectivity index is 1.24. The van der Waals surface area contributed by atoms with Gasteiger partial charge in [-0.2, -0.15) is 13.2 Å². The molecule has 2 aliphatic rings. The van der Waals surface area contributed by atoms with Gasteiger partial charge < -0.3 is 19.3 Å². The zero-order valence-electron chi connectivity index (χ0n) is 22.8. The van der Waals surface area contributed by atoms with E-state index in [1.165, 1.54) is 30.5 Å². The molecule has 2 saturated heterocycles. The minimum atomic E-state index is -4.36. The number of alkyl halides is 3. The molecule has 9 nitrogen and oxygen atoms in total. The van der Waals surface area contributed by atoms with E-state index in [4.69, 9.17) is 9.47 Å². The quantitative estimate of drug-likeness (QED) is 0.519. The Kier molecular flexibility index (Phi) is 8.83. The van der Waals surface area contributed by atoms with Crippen LogP contribution in [-0.2, 0) is 20.9 Å². The van der Waals surface area contributed by atoms with Crippen LogP contribution < -0.4 is 14.4 Å². The van der Waals surface area contributed by atoms with Gasteiger partial charge in [-0.25, -0.2) is 22.9 Å². The number of rotatable bonds is 6. The molecule has 13 heteroatoms. The van der Waals surface area contributed by atoms with Crippen molar-refractivity contribution in [2.45, 2.75) is 75.3 Å². The molecule has 0 bridgehead atoms. The standard InChI is InChI=1S/C27H35F3N4O5S/c1-26(2,3)39-25(35)34-14-10-20(11-15-34)32-40(36,37)23-8-9-24(31-18-23)38-22-12-16-33(17-13-22)21-6-4-19(5-7-21)27(28,29)30/h4-9,18,20,22,32H,10-17H2,1-3H3. The Labute approximate surface area is 232 Å². The van der Waals surface area contributed by atoms with Gasteiger partial charge in [-0.3, -0.25) is 0 Å². The lowest BCUT2D eigenvalue weighted by Gasteiger charge is -2.33. The number of hydrogen-bond acceptors (Lipinski definition) is 7. The molecule has 2 aromatic rings. The summed E-state index contributed by atoms with van der Waals surface area (Å²) in [5, 5.41) is 0. The molecular formula is C27H35F3N4O5S. The highest BCUT2D eigenvalue weighted by Gasteiger charge is 2.31. The highest BCUT2D eigenvalue weighted by Crippen LogP contribution is 2.31. The van der Waals surface area contributed by atoms with E-state index in [2.05, 4.69) is 9.71 Å². The zero-order chi connectivity index (χ0) is 29.1. The maximum absolute atomic E-state index is 12.9. The Hall–Kier alpha value is -3.06. The number of hydrogen-bond donors (Lipinski definition) is 1. The molecule has 2 aliphatic heterocycles. The maximum atomic E-state index is 12.9. The molecule has 3 heterocycles. The van der Waals surface area contributed by atoms with E-state index >= 15 is 0 Å². The number of anilines is 1. The van der Waals surface area contributed by atoms with Gasteiger partial charge in [0.25, 0.3) is 0 Å². The van der Waals surface area contributed by atoms with Crippen LogP contribution in [0.1, 0.15) is 52.0 Å². The van der Waals surface area contributed by atoms with Gasteiger partial charge in [-0.15, -0.1) is 0 Å². The summed E-state index contributed by atoms with van der Waals surface area (Å²) in [6.45, 7) is 7.40. The largest absolute Gasteiger partial charge is 0.474 e. The number of benzene rings is 1. The van der Waals surface area contributed by atoms with Crippen LogP contribution in [0.3, 0.4) is 0 Å². The summed E-state index contributed by atoms with van der Waals surface area (Å²) in [5.41, 5.74) is -0.544. The highest BCUT2D eigenvalue weighted by atomic mass is 32.2. The number of nitrogens with zero attached hydrogens (tertiary/aromatic N) is 3. The van der Waals surface area contributed by atoms with E-state index in [9.17, 15) is 26.4 Å². The number of amides is 1. The third kappa shape index (κ3) is 8.00. The van der Waals surface area contributed by atoms with E-state index in [-0.39, 0.29) is 17.0 Å². The number of carbonyl (C=O) groups is 1. The fourth-order valence-electron chi connectivity index (χ4n) is 4.65. The summed E-state index contributed by atoms with van der Waals surface area (Å²) in [6, 6.07) is 7.76. The number of likely N-dealkylation sites (tertiary alicyclic amines) is 1. The van der Waals surface area contributed by atoms with E-state index in [0.717, 1.165) is 17.8 Å². The minimum absolute atomic E-state index is 0.0199. The third-order valence-electron chi connectivity index (χ3n) is 6.78. The second-order valence-corrected chi connectivity index (χ2v) is 12.8. The lowest BCUT2D eigenvalue weighted by molar-refractivity contribution is -0.137. The van der Waals surface area contributed by atoms with Crippen LogP contribution in [0, 0.1) is 0 Å². The molecule has 4 rings (SSSR count). The predicted octanol–water partition coefficient (Wildman–Crippen LogP) is 4.83. The molecule has 1 aromatic carbocycles. The van der Waals surface area contributed by atoms with Crippen molar-refractivity contribution in [1.82, 2.24) is 14.6 Å². The molecule has 0 atom stereocenters. The van der Waals surface area contributed by atoms with Crippen molar-refractivity contribution in [3.8, 4) is 5.88 Å². The molecule has 40 heavy (non-hydrogen) atoms. The molecule has 0 aliphatic carbocycles. The van der Waals surface area contributed by atoms with Gasteiger partial charge in [0.05, 0.1) is 11.8 Å². The van der Waals surface area contributed by atoms with Crippen LogP contribution in [0.2, 0.25) is 0 Å². The number of carbonyl (C=O) groups excluding carboxylic acids is 1. The third-order valence-corrected chi connectivity index (χ3v) is 8.28. The number of pyridine rings is 1. The van der Waals surface area contributed by atoms with Crippen LogP contribution in [0.25, 0.3) is 0 Å². The molecule has 0 unspecified atom stereocenters. The Morgan fingerprint density at radius 3 is 2.10 bits per heavy atom. The number of piperidine rings is 2. The molecule has 0 spiro atoms. The lowest BCUT2D eigenvalue weighted by Crippen LogP contribution is -2.47. The molecule has 0 saturated carbocycles. The first kappa shape index (κ1) is 29.9. The Morgan fingerprint density at radius 1 is 0.950 bits per heavy atom. The zero-order valence-corrected chi connectivity index (χ0v) is 23.6. The summed E-state index contributed by atoms with van der Waals surface area (Å²) >= 11 is 0. The van der Waals surface area contributed by atoms with Crippen molar-refractivity contribution >= 4 is 21.8 Å². The van der Waals surface area contributed by atoms with Crippen molar-refractivity contribution in [3.63, 3.8) is 0 Å². The maximum Gasteiger partial charge on any atom is 0.416 e. The second-order valence-electron chi connectivity index (χ2n) is 11.0. The Morgan fingerprint density at radius 2 is 1.57 bits per heavy atom. The van der Waals surface area contributed by atoms with Crippen molar-refractivity contribution in [3.05, 3.63) is 48.2 Å². The van der Waals surface area contributed by atoms with Gasteiger partial charge in [0.15, 0.2) is 0 Å². The number of aromatic nitrogens is 1. The van der Waals surface area contributed by atoms with Crippen LogP contribution in [0.4, 0.5) is 23.7 Å². The fraction of sp³-hybridized carbons (Fsp3) is 0.556. The van der Waals surface area contributed by atoms with E-state index in [1.807, 2.05) is 4.90 Å². The smallest absolute Gasteiger partial charge is 0.416 e. The normalized spacial score (nSPS) is 18.1. The summed E-state index contributed by atoms with van der Waals surface area (Å²) in [5.74, 6) is 0.303. The second kappa shape index (κ2) is 11.8. The van der Waals surface area contributed by atoms with Crippen LogP contribution in [-0.4, -0.2) is 68.3 Å². The summed E-state index contributed by atoms with van der Waals surface area (Å²) in [4.78, 5) is 20.0. The first-order valence-corrected chi connectivity index (χ1v) is 14.7. The monoisotopic (exact) mass is 584 g/mol. The van der Waals surface area contributed by atoms with Gasteiger partial charge >= 0.3 is 12.3 Å². The molecule has 1 amide bonds. The summed E-state index contributed by atoms with van der Waals surface area (Å²) in [7, 11) is -3.81. The Bertz CT molecular complexity index is 1250. The molecule has 1 N–H and O–H groups in total. The number of nitrogens with one attached hydrogen (secondary N) is 1. The van der Waals surface area contributed by atoms with Gasteiger partial charge in [-0.05, 0) is 63.9 Å². The van der Waals surface area contributed by atoms with Crippen molar-refractivity contribution in [2.24, 2.45) is 0 Å². The fourth-order valence-corrected chi connectivity index (χ4v) is 5.90. The minimum Gasteiger partial charge on any atom is -0.474 e. The average Bonchev–Trinajstić information content (AvgIpc) is 2.88. The summed E-state index contributed by atoms with van der Waals surface area (Å²) in [6.07, 6.45) is -1.42. The predicted molar refractivity (Wildman–Crippen MR) is 143 cm³/mol. The number of sulfonamides is 1.